The van der Waals surface area contributed by atoms with E-state index in [0.717, 1.165) is 11.4 Å². The minimum atomic E-state index is -1.13. The van der Waals surface area contributed by atoms with Gasteiger partial charge in [0.1, 0.15) is 0 Å². The fourth-order valence-corrected chi connectivity index (χ4v) is 2.18. The van der Waals surface area contributed by atoms with Gasteiger partial charge < -0.3 is 25.3 Å². The third-order valence-electron chi connectivity index (χ3n) is 3.61. The van der Waals surface area contributed by atoms with Crippen LogP contribution in [-0.2, 0) is 22.5 Å². The third-order valence-corrected chi connectivity index (χ3v) is 3.61. The molecule has 167 valence electrons. The van der Waals surface area contributed by atoms with Gasteiger partial charge in [0.05, 0.1) is 23.3 Å². The Balaban J connectivity index is 0.000000444. The van der Waals surface area contributed by atoms with Crippen LogP contribution in [0.5, 0.6) is 0 Å². The number of rotatable bonds is 3. The van der Waals surface area contributed by atoms with E-state index in [4.69, 9.17) is 0 Å². The van der Waals surface area contributed by atoms with Crippen LogP contribution in [0, 0.1) is 0 Å². The minimum Gasteiger partial charge on any atom is -0.545 e. The number of nitrogens with zero attached hydrogens (tertiary/aromatic N) is 2. The van der Waals surface area contributed by atoms with Crippen LogP contribution in [0.2, 0.25) is 0 Å². The van der Waals surface area contributed by atoms with Gasteiger partial charge in [-0.05, 0) is 35.4 Å². The van der Waals surface area contributed by atoms with Crippen molar-refractivity contribution in [1.82, 2.24) is 9.97 Å². The number of carboxylic acids is 2. The van der Waals surface area contributed by atoms with Crippen molar-refractivity contribution in [1.29, 1.82) is 0 Å². The molecule has 0 bridgehead atoms. The Labute approximate surface area is 196 Å². The second-order valence-electron chi connectivity index (χ2n) is 5.74. The van der Waals surface area contributed by atoms with Crippen molar-refractivity contribution in [2.45, 2.75) is 0 Å². The van der Waals surface area contributed by atoms with Crippen LogP contribution in [0.3, 0.4) is 0 Å². The van der Waals surface area contributed by atoms with E-state index in [1.54, 1.807) is 48.8 Å². The monoisotopic (exact) mass is 480 g/mol. The molecule has 4 aromatic rings. The summed E-state index contributed by atoms with van der Waals surface area (Å²) in [5, 5.41) is 20.2. The Hall–Kier alpha value is -3.84. The average molecular weight is 481 g/mol. The van der Waals surface area contributed by atoms with Crippen LogP contribution in [0.4, 0.5) is 0 Å². The largest absolute Gasteiger partial charge is 2.00 e. The number of hydrogen-bond donors (Lipinski definition) is 0. The van der Waals surface area contributed by atoms with E-state index >= 15 is 0 Å². The smallest absolute Gasteiger partial charge is 0.545 e. The number of benzene rings is 2. The minimum absolute atomic E-state index is 0. The van der Waals surface area contributed by atoms with Crippen LogP contribution >= 0.6 is 0 Å². The van der Waals surface area contributed by atoms with Crippen LogP contribution in [0.1, 0.15) is 20.7 Å². The van der Waals surface area contributed by atoms with Crippen molar-refractivity contribution < 1.29 is 42.3 Å². The molecule has 8 heteroatoms. The molecule has 32 heavy (non-hydrogen) atoms. The van der Waals surface area contributed by atoms with E-state index < -0.39 is 11.9 Å². The fourth-order valence-electron chi connectivity index (χ4n) is 2.18. The molecule has 0 unspecified atom stereocenters. The van der Waals surface area contributed by atoms with Crippen molar-refractivity contribution in [2.24, 2.45) is 0 Å². The topological polar surface area (TPSA) is 139 Å². The van der Waals surface area contributed by atoms with Gasteiger partial charge in [0, 0.05) is 12.4 Å². The molecular weight excluding hydrogens is 460 g/mol. The van der Waals surface area contributed by atoms with Gasteiger partial charge in [0.25, 0.3) is 0 Å². The maximum atomic E-state index is 10.1. The molecule has 0 saturated carbocycles. The molecule has 0 saturated heterocycles. The Morgan fingerprint density at radius 3 is 1.06 bits per heavy atom. The first-order chi connectivity index (χ1) is 14.6. The average Bonchev–Trinajstić information content (AvgIpc) is 2.82. The summed E-state index contributed by atoms with van der Waals surface area (Å²) in [6, 6.07) is 27.7. The van der Waals surface area contributed by atoms with Gasteiger partial charge in [-0.15, -0.1) is 0 Å². The van der Waals surface area contributed by atoms with Crippen LogP contribution in [0.15, 0.2) is 109 Å². The van der Waals surface area contributed by atoms with Gasteiger partial charge in [-0.1, -0.05) is 72.8 Å². The maximum absolute atomic E-state index is 10.1. The van der Waals surface area contributed by atoms with E-state index in [-0.39, 0.29) is 33.7 Å². The Kier molecular flexibility index (Phi) is 14.0. The quantitative estimate of drug-likeness (QED) is 0.320. The molecule has 3 N–H and O–H groups in total. The number of carbonyl (C=O) groups excluding carboxylic acids is 2. The molecule has 0 atom stereocenters. The molecule has 0 amide bonds. The van der Waals surface area contributed by atoms with Crippen molar-refractivity contribution >= 4 is 11.9 Å². The number of hydrogen-bond acceptors (Lipinski definition) is 6. The summed E-state index contributed by atoms with van der Waals surface area (Å²) in [4.78, 5) is 28.6. The SMILES string of the molecule is O=C([O-])c1ccccc1.O=C([O-])c1ccccc1.[Cu+2].[OH3+].c1ccc(-c2ccccn2)nc1. The first-order valence-corrected chi connectivity index (χ1v) is 8.93. The van der Waals surface area contributed by atoms with Crippen LogP contribution in [0.25, 0.3) is 11.4 Å². The molecule has 2 aromatic heterocycles. The second kappa shape index (κ2) is 15.9. The van der Waals surface area contributed by atoms with Gasteiger partial charge in [-0.3, -0.25) is 9.97 Å². The number of carbonyl (C=O) groups is 2. The summed E-state index contributed by atoms with van der Waals surface area (Å²) in [6.07, 6.45) is 3.54. The number of pyridine rings is 2. The van der Waals surface area contributed by atoms with Gasteiger partial charge in [0.15, 0.2) is 0 Å². The maximum Gasteiger partial charge on any atom is 2.00 e. The van der Waals surface area contributed by atoms with Gasteiger partial charge in [-0.2, -0.15) is 0 Å². The van der Waals surface area contributed by atoms with E-state index in [2.05, 4.69) is 9.97 Å². The molecule has 2 aromatic carbocycles. The first-order valence-electron chi connectivity index (χ1n) is 8.93. The standard InChI is InChI=1S/C10H8N2.2C7H6O2.Cu.H2O/c1-3-7-11-9(5-1)10-6-2-4-8-12-10;2*8-7(9)6-4-2-1-3-5-6;;/h1-8H;2*1-5H,(H,8,9);;1H2/q;;;+2;/p-1. The molecule has 4 rings (SSSR count). The van der Waals surface area contributed by atoms with Crippen molar-refractivity contribution in [3.05, 3.63) is 121 Å². The summed E-state index contributed by atoms with van der Waals surface area (Å²) in [5.41, 5.74) is 2.27. The molecule has 0 fully saturated rings. The van der Waals surface area contributed by atoms with E-state index in [1.807, 2.05) is 36.4 Å². The van der Waals surface area contributed by atoms with Gasteiger partial charge in [0.2, 0.25) is 0 Å². The molecular formula is C24H21CuN2O5+. The van der Waals surface area contributed by atoms with Gasteiger partial charge in [-0.25, -0.2) is 0 Å². The third kappa shape index (κ3) is 10.3. The molecule has 0 aliphatic carbocycles. The normalized spacial score (nSPS) is 8.62. The number of carboxylic acid groups (broad SMARTS) is 2. The second-order valence-corrected chi connectivity index (χ2v) is 5.74. The van der Waals surface area contributed by atoms with Crippen molar-refractivity contribution in [3.8, 4) is 11.4 Å². The first kappa shape index (κ1) is 28.2. The van der Waals surface area contributed by atoms with E-state index in [1.165, 1.54) is 24.3 Å². The van der Waals surface area contributed by atoms with Crippen molar-refractivity contribution in [3.63, 3.8) is 0 Å². The summed E-state index contributed by atoms with van der Waals surface area (Å²) < 4.78 is 0. The van der Waals surface area contributed by atoms with Crippen LogP contribution < -0.4 is 10.2 Å². The Bertz CT molecular complexity index is 948. The fraction of sp³-hybridized carbons (Fsp3) is 0. The molecule has 1 radical (unpaired) electrons. The summed E-state index contributed by atoms with van der Waals surface area (Å²) in [6.45, 7) is 0. The molecule has 0 spiro atoms. The zero-order valence-corrected chi connectivity index (χ0v) is 17.7. The number of aromatic carboxylic acids is 2. The van der Waals surface area contributed by atoms with E-state index in [9.17, 15) is 19.8 Å². The summed E-state index contributed by atoms with van der Waals surface area (Å²) in [7, 11) is 0. The van der Waals surface area contributed by atoms with Crippen molar-refractivity contribution in [2.75, 3.05) is 0 Å². The van der Waals surface area contributed by atoms with E-state index in [0.29, 0.717) is 0 Å². The number of aromatic nitrogens is 2. The molecule has 0 aliphatic rings. The molecule has 2 heterocycles. The molecule has 7 nitrogen and oxygen atoms in total. The zero-order chi connectivity index (χ0) is 21.6. The predicted octanol–water partition coefficient (Wildman–Crippen LogP) is 1.32. The summed E-state index contributed by atoms with van der Waals surface area (Å²) >= 11 is 0. The zero-order valence-electron chi connectivity index (χ0n) is 16.8. The summed E-state index contributed by atoms with van der Waals surface area (Å²) in [5.74, 6) is -2.26. The van der Waals surface area contributed by atoms with Crippen LogP contribution in [-0.4, -0.2) is 21.9 Å². The Morgan fingerprint density at radius 2 is 0.844 bits per heavy atom. The Morgan fingerprint density at radius 1 is 0.531 bits per heavy atom. The van der Waals surface area contributed by atoms with Gasteiger partial charge >= 0.3 is 17.1 Å². The predicted molar refractivity (Wildman–Crippen MR) is 114 cm³/mol. The molecule has 0 aliphatic heterocycles.